The van der Waals surface area contributed by atoms with Crippen molar-refractivity contribution in [3.8, 4) is 0 Å². The van der Waals surface area contributed by atoms with Crippen molar-refractivity contribution < 1.29 is 8.42 Å². The van der Waals surface area contributed by atoms with Crippen LogP contribution in [0.25, 0.3) is 0 Å². The molecule has 6 heteroatoms. The van der Waals surface area contributed by atoms with Crippen LogP contribution in [0.4, 0.5) is 0 Å². The molecule has 1 rings (SSSR count). The Labute approximate surface area is 122 Å². The molecule has 0 heterocycles. The maximum Gasteiger partial charge on any atom is 0.243 e. The van der Waals surface area contributed by atoms with Crippen molar-refractivity contribution in [1.82, 2.24) is 4.31 Å². The lowest BCUT2D eigenvalue weighted by molar-refractivity contribution is 0.410. The van der Waals surface area contributed by atoms with Crippen molar-refractivity contribution in [3.63, 3.8) is 0 Å². The Bertz CT molecular complexity index is 403. The third-order valence-electron chi connectivity index (χ3n) is 2.33. The molecular weight excluding hydrogens is 293 g/mol. The average Bonchev–Trinajstić information content (AvgIpc) is 2.30. The summed E-state index contributed by atoms with van der Waals surface area (Å²) in [6.07, 6.45) is 1.68. The molecule has 0 aliphatic heterocycles. The Balaban J connectivity index is 0. The predicted molar refractivity (Wildman–Crippen MR) is 80.3 cm³/mol. The highest BCUT2D eigenvalue weighted by atomic mass is 35.5. The summed E-state index contributed by atoms with van der Waals surface area (Å²) in [5.74, 6) is 0. The van der Waals surface area contributed by atoms with Crippen LogP contribution in [0.1, 0.15) is 26.7 Å². The second-order valence-corrected chi connectivity index (χ2v) is 5.66. The third-order valence-corrected chi connectivity index (χ3v) is 4.24. The van der Waals surface area contributed by atoms with Crippen molar-refractivity contribution in [3.05, 3.63) is 30.3 Å². The highest BCUT2D eigenvalue weighted by Crippen LogP contribution is 2.15. The lowest BCUT2D eigenvalue weighted by Gasteiger charge is -2.20. The van der Waals surface area contributed by atoms with Gasteiger partial charge in [-0.2, -0.15) is 4.31 Å². The molecule has 0 amide bonds. The van der Waals surface area contributed by atoms with Gasteiger partial charge in [-0.1, -0.05) is 32.0 Å². The maximum atomic E-state index is 12.2. The molecule has 0 fully saturated rings. The van der Waals surface area contributed by atoms with Crippen molar-refractivity contribution in [2.45, 2.75) is 31.6 Å². The minimum atomic E-state index is -3.29. The fraction of sp³-hybridized carbons (Fsp3) is 0.500. The van der Waals surface area contributed by atoms with Crippen LogP contribution in [0, 0.1) is 0 Å². The number of rotatable bonds is 6. The summed E-state index contributed by atoms with van der Waals surface area (Å²) in [6.45, 7) is 5.16. The predicted octanol–water partition coefficient (Wildman–Crippen LogP) is 3.34. The monoisotopic (exact) mass is 313 g/mol. The molecular formula is C12H21Cl2NO2S. The van der Waals surface area contributed by atoms with Gasteiger partial charge in [-0.25, -0.2) is 8.42 Å². The van der Waals surface area contributed by atoms with Crippen molar-refractivity contribution in [2.24, 2.45) is 0 Å². The van der Waals surface area contributed by atoms with Gasteiger partial charge in [-0.15, -0.1) is 24.8 Å². The molecule has 0 N–H and O–H groups in total. The van der Waals surface area contributed by atoms with E-state index in [0.29, 0.717) is 18.0 Å². The molecule has 1 aromatic carbocycles. The molecule has 0 bridgehead atoms. The van der Waals surface area contributed by atoms with Crippen molar-refractivity contribution in [1.29, 1.82) is 0 Å². The van der Waals surface area contributed by atoms with Gasteiger partial charge in [0.25, 0.3) is 0 Å². The van der Waals surface area contributed by atoms with Gasteiger partial charge >= 0.3 is 0 Å². The van der Waals surface area contributed by atoms with E-state index < -0.39 is 10.0 Å². The molecule has 0 saturated heterocycles. The number of hydrogen-bond donors (Lipinski definition) is 0. The summed E-state index contributed by atoms with van der Waals surface area (Å²) in [7, 11) is -3.29. The van der Waals surface area contributed by atoms with E-state index >= 15 is 0 Å². The van der Waals surface area contributed by atoms with Gasteiger partial charge in [0.1, 0.15) is 0 Å². The zero-order valence-electron chi connectivity index (χ0n) is 10.7. The number of halogens is 2. The van der Waals surface area contributed by atoms with Gasteiger partial charge in [0.15, 0.2) is 0 Å². The molecule has 106 valence electrons. The Morgan fingerprint density at radius 3 is 1.78 bits per heavy atom. The molecule has 0 aliphatic carbocycles. The minimum Gasteiger partial charge on any atom is -0.207 e. The lowest BCUT2D eigenvalue weighted by Crippen LogP contribution is -2.32. The number of nitrogens with zero attached hydrogens (tertiary/aromatic N) is 1. The van der Waals surface area contributed by atoms with E-state index in [0.717, 1.165) is 12.8 Å². The van der Waals surface area contributed by atoms with Crippen LogP contribution in [0.5, 0.6) is 0 Å². The second kappa shape index (κ2) is 9.62. The largest absolute Gasteiger partial charge is 0.243 e. The number of hydrogen-bond acceptors (Lipinski definition) is 2. The summed E-state index contributed by atoms with van der Waals surface area (Å²) in [6, 6.07) is 8.62. The first-order valence-electron chi connectivity index (χ1n) is 5.68. The normalized spacial score (nSPS) is 10.6. The highest BCUT2D eigenvalue weighted by molar-refractivity contribution is 7.89. The summed E-state index contributed by atoms with van der Waals surface area (Å²) in [5, 5.41) is 0. The van der Waals surface area contributed by atoms with Gasteiger partial charge in [-0.05, 0) is 25.0 Å². The van der Waals surface area contributed by atoms with Crippen LogP contribution in [-0.2, 0) is 10.0 Å². The Hall–Kier alpha value is -0.290. The second-order valence-electron chi connectivity index (χ2n) is 3.72. The van der Waals surface area contributed by atoms with Crippen molar-refractivity contribution >= 4 is 34.8 Å². The quantitative estimate of drug-likeness (QED) is 0.807. The summed E-state index contributed by atoms with van der Waals surface area (Å²) >= 11 is 0. The van der Waals surface area contributed by atoms with Gasteiger partial charge in [-0.3, -0.25) is 0 Å². The van der Waals surface area contributed by atoms with E-state index in [1.165, 1.54) is 0 Å². The average molecular weight is 314 g/mol. The van der Waals surface area contributed by atoms with Crippen molar-refractivity contribution in [2.75, 3.05) is 13.1 Å². The van der Waals surface area contributed by atoms with Crippen LogP contribution in [-0.4, -0.2) is 25.8 Å². The summed E-state index contributed by atoms with van der Waals surface area (Å²) in [5.41, 5.74) is 0. The molecule has 18 heavy (non-hydrogen) atoms. The molecule has 0 aromatic heterocycles. The molecule has 0 atom stereocenters. The van der Waals surface area contributed by atoms with Crippen LogP contribution < -0.4 is 0 Å². The molecule has 0 aliphatic rings. The van der Waals surface area contributed by atoms with E-state index in [4.69, 9.17) is 0 Å². The SMILES string of the molecule is CCCN(CCC)S(=O)(=O)c1ccccc1.Cl.Cl. The number of benzene rings is 1. The Morgan fingerprint density at radius 1 is 0.944 bits per heavy atom. The first kappa shape index (κ1) is 20.0. The van der Waals surface area contributed by atoms with Gasteiger partial charge < -0.3 is 0 Å². The molecule has 0 unspecified atom stereocenters. The first-order valence-corrected chi connectivity index (χ1v) is 7.12. The lowest BCUT2D eigenvalue weighted by atomic mass is 10.4. The number of sulfonamides is 1. The molecule has 3 nitrogen and oxygen atoms in total. The van der Waals surface area contributed by atoms with Crippen LogP contribution in [0.15, 0.2) is 35.2 Å². The fourth-order valence-electron chi connectivity index (χ4n) is 1.59. The zero-order valence-corrected chi connectivity index (χ0v) is 13.2. The summed E-state index contributed by atoms with van der Waals surface area (Å²) < 4.78 is 26.0. The van der Waals surface area contributed by atoms with Gasteiger partial charge in [0, 0.05) is 13.1 Å². The van der Waals surface area contributed by atoms with Gasteiger partial charge in [0.2, 0.25) is 10.0 Å². The van der Waals surface area contributed by atoms with E-state index in [2.05, 4.69) is 0 Å². The van der Waals surface area contributed by atoms with E-state index in [1.54, 1.807) is 28.6 Å². The smallest absolute Gasteiger partial charge is 0.207 e. The third kappa shape index (κ3) is 5.14. The highest BCUT2D eigenvalue weighted by Gasteiger charge is 2.22. The Kier molecular flexibility index (Phi) is 10.7. The summed E-state index contributed by atoms with van der Waals surface area (Å²) in [4.78, 5) is 0.386. The molecule has 1 aromatic rings. The van der Waals surface area contributed by atoms with Crippen LogP contribution in [0.3, 0.4) is 0 Å². The standard InChI is InChI=1S/C12H19NO2S.2ClH/c1-3-10-13(11-4-2)16(14,15)12-8-6-5-7-9-12;;/h5-9H,3-4,10-11H2,1-2H3;2*1H. The maximum absolute atomic E-state index is 12.2. The van der Waals surface area contributed by atoms with E-state index in [9.17, 15) is 8.42 Å². The first-order chi connectivity index (χ1) is 7.62. The van der Waals surface area contributed by atoms with E-state index in [1.807, 2.05) is 19.9 Å². The molecule has 0 radical (unpaired) electrons. The van der Waals surface area contributed by atoms with E-state index in [-0.39, 0.29) is 24.8 Å². The minimum absolute atomic E-state index is 0. The fourth-order valence-corrected chi connectivity index (χ4v) is 3.24. The molecule has 0 spiro atoms. The van der Waals surface area contributed by atoms with Crippen LogP contribution in [0.2, 0.25) is 0 Å². The molecule has 0 saturated carbocycles. The van der Waals surface area contributed by atoms with Gasteiger partial charge in [0.05, 0.1) is 4.90 Å². The zero-order chi connectivity index (χ0) is 12.0. The van der Waals surface area contributed by atoms with Crippen LogP contribution >= 0.6 is 24.8 Å². The Morgan fingerprint density at radius 2 is 1.39 bits per heavy atom. The topological polar surface area (TPSA) is 37.4 Å².